The minimum atomic E-state index is -0.766. The zero-order valence-electron chi connectivity index (χ0n) is 21.3. The Morgan fingerprint density at radius 3 is 2.33 bits per heavy atom. The first-order chi connectivity index (χ1) is 17.2. The third-order valence-corrected chi connectivity index (χ3v) is 4.68. The third-order valence-electron chi connectivity index (χ3n) is 4.68. The van der Waals surface area contributed by atoms with Crippen LogP contribution >= 0.6 is 0 Å². The van der Waals surface area contributed by atoms with E-state index in [0.29, 0.717) is 11.3 Å². The third kappa shape index (κ3) is 7.72. The van der Waals surface area contributed by atoms with Gasteiger partial charge in [-0.05, 0) is 43.7 Å². The maximum Gasteiger partial charge on any atom is 0.264 e. The molecule has 0 aliphatic carbocycles. The topological polar surface area (TPSA) is 116 Å². The van der Waals surface area contributed by atoms with E-state index in [1.54, 1.807) is 19.1 Å². The van der Waals surface area contributed by atoms with Gasteiger partial charge in [0.1, 0.15) is 24.6 Å². The first kappa shape index (κ1) is 30.0. The van der Waals surface area contributed by atoms with E-state index in [1.165, 1.54) is 30.0 Å². The van der Waals surface area contributed by atoms with Gasteiger partial charge in [0.2, 0.25) is 11.8 Å². The molecule has 1 aromatic heterocycles. The van der Waals surface area contributed by atoms with E-state index < -0.39 is 29.0 Å². The van der Waals surface area contributed by atoms with Crippen molar-refractivity contribution >= 4 is 11.8 Å². The summed E-state index contributed by atoms with van der Waals surface area (Å²) in [6.45, 7) is 10.7. The van der Waals surface area contributed by atoms with Gasteiger partial charge in [-0.15, -0.1) is 0 Å². The number of nitrogens with one attached hydrogen (secondary N) is 1. The molecule has 0 aliphatic rings. The standard InChI is InChI=1S/C22H20F2N4O4.2C2H6/c1-12-3-4-14(20(30)26-9-19(25)29)7-18(12)28-11-27-21(13(2)22(28)31)32-10-15-5-6-16(23)8-17(15)24;2*1-2/h3-8,11H,9-10H2,1-2H3,(H2,25,29)(H,26,30);2*1-2H3. The number of carbonyl (C=O) groups excluding carboxylic acids is 2. The molecule has 0 spiro atoms. The van der Waals surface area contributed by atoms with E-state index in [0.717, 1.165) is 12.1 Å². The molecule has 194 valence electrons. The zero-order valence-corrected chi connectivity index (χ0v) is 21.3. The van der Waals surface area contributed by atoms with Gasteiger partial charge in [0.25, 0.3) is 11.5 Å². The number of primary amides is 1. The number of carbonyl (C=O) groups is 2. The molecule has 0 fully saturated rings. The van der Waals surface area contributed by atoms with Gasteiger partial charge in [-0.3, -0.25) is 19.0 Å². The number of nitrogens with zero attached hydrogens (tertiary/aromatic N) is 2. The number of hydrogen-bond donors (Lipinski definition) is 2. The normalized spacial score (nSPS) is 9.78. The number of hydrogen-bond acceptors (Lipinski definition) is 5. The molecule has 0 aliphatic heterocycles. The van der Waals surface area contributed by atoms with Crippen molar-refractivity contribution in [1.29, 1.82) is 0 Å². The van der Waals surface area contributed by atoms with Crippen LogP contribution in [0.3, 0.4) is 0 Å². The van der Waals surface area contributed by atoms with Crippen LogP contribution in [0, 0.1) is 25.5 Å². The fraction of sp³-hybridized carbons (Fsp3) is 0.308. The van der Waals surface area contributed by atoms with Gasteiger partial charge >= 0.3 is 0 Å². The zero-order chi connectivity index (χ0) is 27.4. The molecule has 36 heavy (non-hydrogen) atoms. The number of aromatic nitrogens is 2. The molecule has 1 heterocycles. The summed E-state index contributed by atoms with van der Waals surface area (Å²) in [6, 6.07) is 7.79. The van der Waals surface area contributed by atoms with Gasteiger partial charge in [-0.25, -0.2) is 13.8 Å². The highest BCUT2D eigenvalue weighted by Gasteiger charge is 2.15. The number of aryl methyl sites for hydroxylation is 1. The molecule has 0 saturated heterocycles. The Morgan fingerprint density at radius 2 is 1.72 bits per heavy atom. The summed E-state index contributed by atoms with van der Waals surface area (Å²) in [4.78, 5) is 40.2. The lowest BCUT2D eigenvalue weighted by atomic mass is 10.1. The van der Waals surface area contributed by atoms with Gasteiger partial charge in [0.15, 0.2) is 0 Å². The Balaban J connectivity index is 0.00000154. The molecule has 3 N–H and O–H groups in total. The predicted molar refractivity (Wildman–Crippen MR) is 134 cm³/mol. The number of halogens is 2. The van der Waals surface area contributed by atoms with Crippen LogP contribution in [0.2, 0.25) is 0 Å². The second-order valence-corrected chi connectivity index (χ2v) is 7.02. The van der Waals surface area contributed by atoms with Crippen molar-refractivity contribution in [2.24, 2.45) is 5.73 Å². The van der Waals surface area contributed by atoms with Crippen molar-refractivity contribution in [1.82, 2.24) is 14.9 Å². The number of nitrogens with two attached hydrogens (primary N) is 1. The maximum atomic E-state index is 13.8. The largest absolute Gasteiger partial charge is 0.472 e. The Morgan fingerprint density at radius 1 is 1.06 bits per heavy atom. The van der Waals surface area contributed by atoms with Crippen molar-refractivity contribution < 1.29 is 23.1 Å². The quantitative estimate of drug-likeness (QED) is 0.507. The molecule has 2 amide bonds. The summed E-state index contributed by atoms with van der Waals surface area (Å²) in [7, 11) is 0. The highest BCUT2D eigenvalue weighted by molar-refractivity contribution is 5.96. The summed E-state index contributed by atoms with van der Waals surface area (Å²) in [5.41, 5.74) is 6.19. The molecular formula is C26H32F2N4O4. The van der Waals surface area contributed by atoms with E-state index >= 15 is 0 Å². The maximum absolute atomic E-state index is 13.8. The predicted octanol–water partition coefficient (Wildman–Crippen LogP) is 3.97. The molecule has 8 nitrogen and oxygen atoms in total. The first-order valence-electron chi connectivity index (χ1n) is 11.5. The lowest BCUT2D eigenvalue weighted by molar-refractivity contribution is -0.117. The Hall–Kier alpha value is -4.08. The van der Waals surface area contributed by atoms with Gasteiger partial charge in [-0.1, -0.05) is 33.8 Å². The minimum Gasteiger partial charge on any atom is -0.472 e. The van der Waals surface area contributed by atoms with Crippen LogP contribution in [-0.4, -0.2) is 27.9 Å². The second-order valence-electron chi connectivity index (χ2n) is 7.02. The molecule has 0 saturated carbocycles. The summed E-state index contributed by atoms with van der Waals surface area (Å²) in [6.07, 6.45) is 1.24. The van der Waals surface area contributed by atoms with Crippen LogP contribution in [0.5, 0.6) is 5.88 Å². The first-order valence-corrected chi connectivity index (χ1v) is 11.5. The van der Waals surface area contributed by atoms with Crippen LogP contribution in [0.4, 0.5) is 8.78 Å². The van der Waals surface area contributed by atoms with E-state index in [1.807, 2.05) is 27.7 Å². The van der Waals surface area contributed by atoms with Crippen LogP contribution in [0.1, 0.15) is 54.7 Å². The lowest BCUT2D eigenvalue weighted by Gasteiger charge is -2.14. The number of ether oxygens (including phenoxy) is 1. The van der Waals surface area contributed by atoms with Crippen molar-refractivity contribution in [3.8, 4) is 11.6 Å². The van der Waals surface area contributed by atoms with Crippen molar-refractivity contribution in [3.63, 3.8) is 0 Å². The van der Waals surface area contributed by atoms with Crippen molar-refractivity contribution in [2.75, 3.05) is 6.54 Å². The number of benzene rings is 2. The van der Waals surface area contributed by atoms with E-state index in [4.69, 9.17) is 10.5 Å². The molecule has 0 bridgehead atoms. The molecule has 0 unspecified atom stereocenters. The number of rotatable bonds is 7. The van der Waals surface area contributed by atoms with Gasteiger partial charge < -0.3 is 15.8 Å². The lowest BCUT2D eigenvalue weighted by Crippen LogP contribution is -2.33. The summed E-state index contributed by atoms with van der Waals surface area (Å²) in [5.74, 6) is -2.67. The average molecular weight is 503 g/mol. The second kappa shape index (κ2) is 14.3. The Kier molecular flexibility index (Phi) is 11.9. The van der Waals surface area contributed by atoms with Crippen LogP contribution in [-0.2, 0) is 11.4 Å². The van der Waals surface area contributed by atoms with E-state index in [9.17, 15) is 23.2 Å². The molecule has 3 rings (SSSR count). The molecule has 0 atom stereocenters. The molecule has 3 aromatic rings. The van der Waals surface area contributed by atoms with Crippen molar-refractivity contribution in [2.45, 2.75) is 48.1 Å². The highest BCUT2D eigenvalue weighted by atomic mass is 19.1. The molecule has 10 heteroatoms. The average Bonchev–Trinajstić information content (AvgIpc) is 2.87. The summed E-state index contributed by atoms with van der Waals surface area (Å²) in [5, 5.41) is 2.38. The van der Waals surface area contributed by atoms with E-state index in [-0.39, 0.29) is 35.7 Å². The smallest absolute Gasteiger partial charge is 0.264 e. The molecule has 0 radical (unpaired) electrons. The summed E-state index contributed by atoms with van der Waals surface area (Å²) < 4.78 is 33.6. The Bertz CT molecular complexity index is 1260. The highest BCUT2D eigenvalue weighted by Crippen LogP contribution is 2.18. The molecule has 2 aromatic carbocycles. The van der Waals surface area contributed by atoms with Gasteiger partial charge in [-0.2, -0.15) is 0 Å². The SMILES string of the molecule is CC.CC.Cc1ccc(C(=O)NCC(N)=O)cc1-n1cnc(OCc2ccc(F)cc2F)c(C)c1=O. The summed E-state index contributed by atoms with van der Waals surface area (Å²) >= 11 is 0. The van der Waals surface area contributed by atoms with Crippen LogP contribution in [0.25, 0.3) is 5.69 Å². The Labute approximate surface area is 209 Å². The molecular weight excluding hydrogens is 470 g/mol. The van der Waals surface area contributed by atoms with Crippen molar-refractivity contribution in [3.05, 3.63) is 87.0 Å². The van der Waals surface area contributed by atoms with Crippen LogP contribution in [0.15, 0.2) is 47.5 Å². The fourth-order valence-corrected chi connectivity index (χ4v) is 2.91. The fourth-order valence-electron chi connectivity index (χ4n) is 2.91. The van der Waals surface area contributed by atoms with E-state index in [2.05, 4.69) is 10.3 Å². The number of amides is 2. The van der Waals surface area contributed by atoms with Crippen LogP contribution < -0.4 is 21.3 Å². The van der Waals surface area contributed by atoms with Gasteiger partial charge in [0, 0.05) is 17.2 Å². The minimum absolute atomic E-state index is 0.00276. The monoisotopic (exact) mass is 502 g/mol. The van der Waals surface area contributed by atoms with Gasteiger partial charge in [0.05, 0.1) is 17.8 Å².